The summed E-state index contributed by atoms with van der Waals surface area (Å²) < 4.78 is 4.89. The molecule has 0 fully saturated rings. The summed E-state index contributed by atoms with van der Waals surface area (Å²) in [6.45, 7) is 0. The number of fused-ring (bicyclic) bond motifs is 14. The van der Waals surface area contributed by atoms with Crippen LogP contribution >= 0.6 is 0 Å². The molecule has 4 heteroatoms. The van der Waals surface area contributed by atoms with Crippen LogP contribution in [-0.4, -0.2) is 18.9 Å². The Morgan fingerprint density at radius 2 is 1.02 bits per heavy atom. The topological polar surface area (TPSA) is 35.1 Å². The van der Waals surface area contributed by atoms with Gasteiger partial charge in [-0.25, -0.2) is 9.97 Å². The standard InChI is InChI=1S/C46H26N4/c1-3-15-29-27(12-1)14-11-20-31(29)45-47-36-21-8-5-17-32(36)46(48-45)50-38-23-10-6-18-33(38)42-40(50)26-35-41-30-16-4-2-13-28(30)24-25-39(41)49-37-22-9-7-19-34(37)43(42)44(35)49/h1-26H. The SMILES string of the molecule is c1ccc2c(-c3nc(-n4c5ccccc5c5c6c7ccccc7n7c8ccc9ccccc9c8c(cc54)c67)c4ccccc4n3)cccc2c1. The maximum Gasteiger partial charge on any atom is 0.162 e. The summed E-state index contributed by atoms with van der Waals surface area (Å²) in [4.78, 5) is 10.7. The molecule has 0 aliphatic heterocycles. The Morgan fingerprint density at radius 1 is 0.380 bits per heavy atom. The third-order valence-corrected chi connectivity index (χ3v) is 10.8. The minimum atomic E-state index is 0.722. The maximum atomic E-state index is 5.50. The van der Waals surface area contributed by atoms with E-state index < -0.39 is 0 Å². The van der Waals surface area contributed by atoms with Gasteiger partial charge in [-0.2, -0.15) is 0 Å². The maximum absolute atomic E-state index is 5.50. The zero-order valence-corrected chi connectivity index (χ0v) is 26.8. The van der Waals surface area contributed by atoms with E-state index in [9.17, 15) is 0 Å². The van der Waals surface area contributed by atoms with Gasteiger partial charge >= 0.3 is 0 Å². The first kappa shape index (κ1) is 26.2. The van der Waals surface area contributed by atoms with Gasteiger partial charge in [-0.1, -0.05) is 121 Å². The van der Waals surface area contributed by atoms with Crippen LogP contribution in [0, 0.1) is 0 Å². The number of nitrogens with zero attached hydrogens (tertiary/aromatic N) is 4. The lowest BCUT2D eigenvalue weighted by Gasteiger charge is -2.14. The molecule has 0 atom stereocenters. The Hall–Kier alpha value is -6.78. The van der Waals surface area contributed by atoms with Gasteiger partial charge in [-0.05, 0) is 57.9 Å². The average molecular weight is 635 g/mol. The molecule has 0 amide bonds. The van der Waals surface area contributed by atoms with Crippen LogP contribution in [0.2, 0.25) is 0 Å². The highest BCUT2D eigenvalue weighted by Crippen LogP contribution is 2.48. The number of para-hydroxylation sites is 3. The lowest BCUT2D eigenvalue weighted by Crippen LogP contribution is -2.03. The number of rotatable bonds is 2. The Kier molecular flexibility index (Phi) is 4.94. The van der Waals surface area contributed by atoms with E-state index in [1.807, 2.05) is 0 Å². The van der Waals surface area contributed by atoms with E-state index in [4.69, 9.17) is 9.97 Å². The van der Waals surface area contributed by atoms with Gasteiger partial charge in [0, 0.05) is 43.3 Å². The summed E-state index contributed by atoms with van der Waals surface area (Å²) >= 11 is 0. The van der Waals surface area contributed by atoms with Gasteiger partial charge < -0.3 is 4.40 Å². The number of hydrogen-bond donors (Lipinski definition) is 0. The van der Waals surface area contributed by atoms with Crippen LogP contribution in [0.15, 0.2) is 158 Å². The van der Waals surface area contributed by atoms with Gasteiger partial charge in [-0.3, -0.25) is 4.57 Å². The molecule has 0 radical (unpaired) electrons. The van der Waals surface area contributed by atoms with Gasteiger partial charge in [0.05, 0.1) is 33.1 Å². The Balaban J connectivity index is 1.32. The molecule has 0 saturated carbocycles. The number of hydrogen-bond acceptors (Lipinski definition) is 2. The van der Waals surface area contributed by atoms with E-state index >= 15 is 0 Å². The molecular formula is C46H26N4. The van der Waals surface area contributed by atoms with Crippen LogP contribution in [0.5, 0.6) is 0 Å². The molecule has 12 aromatic rings. The second-order valence-electron chi connectivity index (χ2n) is 13.3. The summed E-state index contributed by atoms with van der Waals surface area (Å²) in [6.07, 6.45) is 0. The summed E-state index contributed by atoms with van der Waals surface area (Å²) in [6, 6.07) is 56.8. The third-order valence-electron chi connectivity index (χ3n) is 10.8. The molecule has 0 aliphatic carbocycles. The second kappa shape index (κ2) is 9.43. The van der Waals surface area contributed by atoms with Crippen molar-refractivity contribution in [2.45, 2.75) is 0 Å². The van der Waals surface area contributed by atoms with Crippen LogP contribution in [-0.2, 0) is 0 Å². The Bertz CT molecular complexity index is 3380. The highest BCUT2D eigenvalue weighted by molar-refractivity contribution is 6.37. The van der Waals surface area contributed by atoms with Gasteiger partial charge in [0.25, 0.3) is 0 Å². The summed E-state index contributed by atoms with van der Waals surface area (Å²) in [5.41, 5.74) is 7.96. The molecule has 12 rings (SSSR count). The molecule has 50 heavy (non-hydrogen) atoms. The zero-order valence-electron chi connectivity index (χ0n) is 26.8. The molecule has 4 heterocycles. The van der Waals surface area contributed by atoms with Crippen molar-refractivity contribution in [3.63, 3.8) is 0 Å². The molecule has 0 spiro atoms. The van der Waals surface area contributed by atoms with Crippen molar-refractivity contribution >= 4 is 92.3 Å². The van der Waals surface area contributed by atoms with Gasteiger partial charge in [0.2, 0.25) is 0 Å². The fraction of sp³-hybridized carbons (Fsp3) is 0. The molecule has 0 saturated heterocycles. The van der Waals surface area contributed by atoms with E-state index in [-0.39, 0.29) is 0 Å². The van der Waals surface area contributed by atoms with E-state index in [1.54, 1.807) is 0 Å². The van der Waals surface area contributed by atoms with Crippen molar-refractivity contribution in [1.29, 1.82) is 0 Å². The van der Waals surface area contributed by atoms with Crippen LogP contribution in [0.3, 0.4) is 0 Å². The third kappa shape index (κ3) is 3.25. The van der Waals surface area contributed by atoms with Crippen molar-refractivity contribution in [3.05, 3.63) is 158 Å². The molecule has 0 N–H and O–H groups in total. The quantitative estimate of drug-likeness (QED) is 0.190. The van der Waals surface area contributed by atoms with E-state index in [0.717, 1.165) is 44.5 Å². The first-order chi connectivity index (χ1) is 24.8. The van der Waals surface area contributed by atoms with Gasteiger partial charge in [0.15, 0.2) is 5.82 Å². The molecule has 4 nitrogen and oxygen atoms in total. The highest BCUT2D eigenvalue weighted by atomic mass is 15.1. The first-order valence-electron chi connectivity index (χ1n) is 17.1. The molecule has 8 aromatic carbocycles. The van der Waals surface area contributed by atoms with Crippen LogP contribution < -0.4 is 0 Å². The second-order valence-corrected chi connectivity index (χ2v) is 13.3. The number of aromatic nitrogens is 4. The van der Waals surface area contributed by atoms with Gasteiger partial charge in [-0.15, -0.1) is 0 Å². The van der Waals surface area contributed by atoms with Crippen molar-refractivity contribution in [3.8, 4) is 17.2 Å². The average Bonchev–Trinajstić information content (AvgIpc) is 3.82. The van der Waals surface area contributed by atoms with Crippen molar-refractivity contribution in [2.75, 3.05) is 0 Å². The van der Waals surface area contributed by atoms with Crippen molar-refractivity contribution < 1.29 is 0 Å². The monoisotopic (exact) mass is 634 g/mol. The summed E-state index contributed by atoms with van der Waals surface area (Å²) in [7, 11) is 0. The molecule has 0 unspecified atom stereocenters. The predicted molar refractivity (Wildman–Crippen MR) is 209 cm³/mol. The summed E-state index contributed by atoms with van der Waals surface area (Å²) in [5, 5.41) is 13.4. The van der Waals surface area contributed by atoms with E-state index in [1.165, 1.54) is 65.0 Å². The minimum absolute atomic E-state index is 0.722. The van der Waals surface area contributed by atoms with E-state index in [0.29, 0.717) is 0 Å². The smallest absolute Gasteiger partial charge is 0.162 e. The largest absolute Gasteiger partial charge is 0.308 e. The van der Waals surface area contributed by atoms with Crippen molar-refractivity contribution in [2.24, 2.45) is 0 Å². The molecule has 0 bridgehead atoms. The molecule has 4 aromatic heterocycles. The van der Waals surface area contributed by atoms with Crippen LogP contribution in [0.25, 0.3) is 110 Å². The molecule has 230 valence electrons. The lowest BCUT2D eigenvalue weighted by molar-refractivity contribution is 1.08. The van der Waals surface area contributed by atoms with Crippen molar-refractivity contribution in [1.82, 2.24) is 18.9 Å². The highest BCUT2D eigenvalue weighted by Gasteiger charge is 2.26. The normalized spacial score (nSPS) is 12.4. The minimum Gasteiger partial charge on any atom is -0.308 e. The summed E-state index contributed by atoms with van der Waals surface area (Å²) in [5.74, 6) is 1.61. The number of benzene rings is 8. The Morgan fingerprint density at radius 3 is 1.86 bits per heavy atom. The van der Waals surface area contributed by atoms with Gasteiger partial charge in [0.1, 0.15) is 5.82 Å². The van der Waals surface area contributed by atoms with E-state index in [2.05, 4.69) is 167 Å². The zero-order chi connectivity index (χ0) is 32.5. The fourth-order valence-electron chi connectivity index (χ4n) is 8.78. The first-order valence-corrected chi connectivity index (χ1v) is 17.1. The molecular weight excluding hydrogens is 609 g/mol. The van der Waals surface area contributed by atoms with Crippen LogP contribution in [0.4, 0.5) is 0 Å². The molecule has 0 aliphatic rings. The van der Waals surface area contributed by atoms with Crippen LogP contribution in [0.1, 0.15) is 0 Å². The lowest BCUT2D eigenvalue weighted by atomic mass is 9.99. The Labute approximate surface area is 285 Å². The fourth-order valence-corrected chi connectivity index (χ4v) is 8.78. The predicted octanol–water partition coefficient (Wildman–Crippen LogP) is 11.9.